The van der Waals surface area contributed by atoms with E-state index >= 15 is 0 Å². The number of aryl methyl sites for hydroxylation is 1. The summed E-state index contributed by atoms with van der Waals surface area (Å²) in [6.07, 6.45) is 6.64. The second kappa shape index (κ2) is 9.64. The smallest absolute Gasteiger partial charge is 0.307 e. The molecule has 6 nitrogen and oxygen atoms in total. The van der Waals surface area contributed by atoms with Crippen LogP contribution in [0.1, 0.15) is 64.9 Å². The first kappa shape index (κ1) is 21.6. The van der Waals surface area contributed by atoms with Crippen LogP contribution < -0.4 is 10.6 Å². The van der Waals surface area contributed by atoms with Gasteiger partial charge in [-0.2, -0.15) is 0 Å². The van der Waals surface area contributed by atoms with Crippen molar-refractivity contribution in [3.05, 3.63) is 51.9 Å². The Bertz CT molecular complexity index is 969. The largest absolute Gasteiger partial charge is 0.481 e. The van der Waals surface area contributed by atoms with Gasteiger partial charge in [-0.3, -0.25) is 14.4 Å². The SMILES string of the molecule is O=C(NCc1ccccc1)c1c(NC(=O)[C@H]2CCCC[C@@H]2C(=O)O)sc2c1CCCC2. The van der Waals surface area contributed by atoms with E-state index in [1.807, 2.05) is 30.3 Å². The zero-order chi connectivity index (χ0) is 21.8. The molecule has 0 saturated heterocycles. The van der Waals surface area contributed by atoms with E-state index in [0.29, 0.717) is 30.0 Å². The van der Waals surface area contributed by atoms with E-state index in [0.717, 1.165) is 54.5 Å². The number of carboxylic acid groups (broad SMARTS) is 1. The molecule has 1 fully saturated rings. The highest BCUT2D eigenvalue weighted by molar-refractivity contribution is 7.17. The number of hydrogen-bond acceptors (Lipinski definition) is 4. The number of fused-ring (bicyclic) bond motifs is 1. The van der Waals surface area contributed by atoms with Gasteiger partial charge in [0, 0.05) is 11.4 Å². The second-order valence-electron chi connectivity index (χ2n) is 8.41. The van der Waals surface area contributed by atoms with E-state index in [1.54, 1.807) is 0 Å². The maximum Gasteiger partial charge on any atom is 0.307 e. The monoisotopic (exact) mass is 440 g/mol. The van der Waals surface area contributed by atoms with Crippen LogP contribution in [0.25, 0.3) is 0 Å². The maximum atomic E-state index is 13.2. The van der Waals surface area contributed by atoms with Gasteiger partial charge in [0.2, 0.25) is 5.91 Å². The summed E-state index contributed by atoms with van der Waals surface area (Å²) in [7, 11) is 0. The van der Waals surface area contributed by atoms with Gasteiger partial charge >= 0.3 is 5.97 Å². The average molecular weight is 441 g/mol. The lowest BCUT2D eigenvalue weighted by Crippen LogP contribution is -2.36. The number of hydrogen-bond donors (Lipinski definition) is 3. The highest BCUT2D eigenvalue weighted by atomic mass is 32.1. The fraction of sp³-hybridized carbons (Fsp3) is 0.458. The third-order valence-corrected chi connectivity index (χ3v) is 7.56. The van der Waals surface area contributed by atoms with Crippen LogP contribution in [0.5, 0.6) is 0 Å². The van der Waals surface area contributed by atoms with Gasteiger partial charge < -0.3 is 15.7 Å². The van der Waals surface area contributed by atoms with Crippen LogP contribution in [0.15, 0.2) is 30.3 Å². The fourth-order valence-electron chi connectivity index (χ4n) is 4.71. The molecule has 1 aromatic heterocycles. The molecule has 0 aliphatic heterocycles. The summed E-state index contributed by atoms with van der Waals surface area (Å²) in [6.45, 7) is 0.418. The molecule has 2 amide bonds. The molecule has 0 bridgehead atoms. The number of thiophene rings is 1. The Hall–Kier alpha value is -2.67. The highest BCUT2D eigenvalue weighted by Gasteiger charge is 2.37. The first-order valence-electron chi connectivity index (χ1n) is 11.0. The summed E-state index contributed by atoms with van der Waals surface area (Å²) in [4.78, 5) is 39.0. The first-order valence-corrected chi connectivity index (χ1v) is 11.9. The number of aliphatic carboxylic acids is 1. The lowest BCUT2D eigenvalue weighted by molar-refractivity contribution is -0.147. The maximum absolute atomic E-state index is 13.2. The molecule has 2 atom stereocenters. The fourth-order valence-corrected chi connectivity index (χ4v) is 6.00. The Labute approximate surface area is 186 Å². The molecule has 164 valence electrons. The molecule has 3 N–H and O–H groups in total. The minimum absolute atomic E-state index is 0.183. The van der Waals surface area contributed by atoms with Crippen LogP contribution in [0.4, 0.5) is 5.00 Å². The lowest BCUT2D eigenvalue weighted by atomic mass is 9.78. The highest BCUT2D eigenvalue weighted by Crippen LogP contribution is 2.39. The van der Waals surface area contributed by atoms with Gasteiger partial charge in [0.25, 0.3) is 5.91 Å². The van der Waals surface area contributed by atoms with Crippen LogP contribution in [-0.4, -0.2) is 22.9 Å². The molecule has 2 aromatic rings. The number of benzene rings is 1. The van der Waals surface area contributed by atoms with Gasteiger partial charge in [-0.05, 0) is 49.7 Å². The van der Waals surface area contributed by atoms with Crippen LogP contribution in [-0.2, 0) is 29.0 Å². The number of rotatable bonds is 6. The quantitative estimate of drug-likeness (QED) is 0.621. The third kappa shape index (κ3) is 4.82. The van der Waals surface area contributed by atoms with Crippen molar-refractivity contribution in [1.29, 1.82) is 0 Å². The Morgan fingerprint density at radius 1 is 0.968 bits per heavy atom. The van der Waals surface area contributed by atoms with Crippen LogP contribution >= 0.6 is 11.3 Å². The predicted molar refractivity (Wildman–Crippen MR) is 120 cm³/mol. The van der Waals surface area contributed by atoms with Crippen molar-refractivity contribution < 1.29 is 19.5 Å². The molecule has 31 heavy (non-hydrogen) atoms. The number of anilines is 1. The summed E-state index contributed by atoms with van der Waals surface area (Å²) in [5.41, 5.74) is 2.61. The molecule has 2 aliphatic carbocycles. The van der Waals surface area contributed by atoms with E-state index in [1.165, 1.54) is 11.3 Å². The molecule has 2 aliphatic rings. The zero-order valence-corrected chi connectivity index (χ0v) is 18.3. The number of carboxylic acids is 1. The topological polar surface area (TPSA) is 95.5 Å². The van der Waals surface area contributed by atoms with Crippen molar-refractivity contribution in [3.8, 4) is 0 Å². The molecular formula is C24H28N2O4S. The summed E-state index contributed by atoms with van der Waals surface area (Å²) >= 11 is 1.47. The Morgan fingerprint density at radius 3 is 2.42 bits per heavy atom. The van der Waals surface area contributed by atoms with Crippen LogP contribution in [0.2, 0.25) is 0 Å². The molecule has 1 heterocycles. The van der Waals surface area contributed by atoms with Crippen molar-refractivity contribution in [1.82, 2.24) is 5.32 Å². The number of amides is 2. The van der Waals surface area contributed by atoms with Gasteiger partial charge in [-0.15, -0.1) is 11.3 Å². The normalized spacial score (nSPS) is 20.5. The van der Waals surface area contributed by atoms with Gasteiger partial charge in [-0.1, -0.05) is 43.2 Å². The predicted octanol–water partition coefficient (Wildman–Crippen LogP) is 4.39. The van der Waals surface area contributed by atoms with E-state index < -0.39 is 17.8 Å². The number of carbonyl (C=O) groups is 3. The molecule has 0 radical (unpaired) electrons. The number of nitrogens with one attached hydrogen (secondary N) is 2. The molecule has 7 heteroatoms. The summed E-state index contributed by atoms with van der Waals surface area (Å²) in [6, 6.07) is 9.72. The van der Waals surface area contributed by atoms with E-state index in [4.69, 9.17) is 0 Å². The van der Waals surface area contributed by atoms with E-state index in [-0.39, 0.29) is 11.8 Å². The Kier molecular flexibility index (Phi) is 6.70. The Morgan fingerprint density at radius 2 is 1.68 bits per heavy atom. The minimum atomic E-state index is -0.911. The zero-order valence-electron chi connectivity index (χ0n) is 17.5. The minimum Gasteiger partial charge on any atom is -0.481 e. The molecule has 4 rings (SSSR count). The molecule has 1 saturated carbocycles. The van der Waals surface area contributed by atoms with Crippen LogP contribution in [0, 0.1) is 11.8 Å². The summed E-state index contributed by atoms with van der Waals surface area (Å²) in [5, 5.41) is 16.1. The second-order valence-corrected chi connectivity index (χ2v) is 9.51. The number of carbonyl (C=O) groups excluding carboxylic acids is 2. The van der Waals surface area contributed by atoms with Gasteiger partial charge in [0.05, 0.1) is 17.4 Å². The summed E-state index contributed by atoms with van der Waals surface area (Å²) < 4.78 is 0. The molecule has 1 aromatic carbocycles. The summed E-state index contributed by atoms with van der Waals surface area (Å²) in [5.74, 6) is -2.57. The standard InChI is InChI=1S/C24H28N2O4S/c27-21(16-10-4-5-11-17(16)24(29)30)26-23-20(18-12-6-7-13-19(18)31-23)22(28)25-14-15-8-2-1-3-9-15/h1-3,8-9,16-17H,4-7,10-14H2,(H,25,28)(H,26,27)(H,29,30)/t16-,17-/m0/s1. The lowest BCUT2D eigenvalue weighted by Gasteiger charge is -2.27. The van der Waals surface area contributed by atoms with Crippen molar-refractivity contribution in [2.75, 3.05) is 5.32 Å². The van der Waals surface area contributed by atoms with Gasteiger partial charge in [-0.25, -0.2) is 0 Å². The van der Waals surface area contributed by atoms with Crippen molar-refractivity contribution in [2.45, 2.75) is 57.9 Å². The van der Waals surface area contributed by atoms with E-state index in [9.17, 15) is 19.5 Å². The van der Waals surface area contributed by atoms with Gasteiger partial charge in [0.1, 0.15) is 5.00 Å². The van der Waals surface area contributed by atoms with Crippen LogP contribution in [0.3, 0.4) is 0 Å². The van der Waals surface area contributed by atoms with Crippen molar-refractivity contribution in [3.63, 3.8) is 0 Å². The third-order valence-electron chi connectivity index (χ3n) is 6.35. The first-order chi connectivity index (χ1) is 15.0. The molecule has 0 spiro atoms. The molecule has 0 unspecified atom stereocenters. The van der Waals surface area contributed by atoms with Gasteiger partial charge in [0.15, 0.2) is 0 Å². The van der Waals surface area contributed by atoms with Crippen molar-refractivity contribution >= 4 is 34.1 Å². The van der Waals surface area contributed by atoms with E-state index in [2.05, 4.69) is 10.6 Å². The van der Waals surface area contributed by atoms with Crippen molar-refractivity contribution in [2.24, 2.45) is 11.8 Å². The Balaban J connectivity index is 1.55. The average Bonchev–Trinajstić information content (AvgIpc) is 3.16. The molecular weight excluding hydrogens is 412 g/mol.